The van der Waals surface area contributed by atoms with Crippen LogP contribution in [0.4, 0.5) is 11.4 Å². The van der Waals surface area contributed by atoms with Crippen LogP contribution in [-0.2, 0) is 15.0 Å². The molecule has 1 aliphatic heterocycles. The lowest BCUT2D eigenvalue weighted by Crippen LogP contribution is -2.54. The molecule has 42 heavy (non-hydrogen) atoms. The number of hydrazone groups is 1. The maximum Gasteiger partial charge on any atom is 0.294 e. The number of nitrogens with one attached hydrogen (secondary N) is 1. The van der Waals surface area contributed by atoms with E-state index in [0.717, 1.165) is 33.2 Å². The van der Waals surface area contributed by atoms with Crippen LogP contribution in [0.15, 0.2) is 96.4 Å². The zero-order valence-corrected chi connectivity index (χ0v) is 22.4. The first-order chi connectivity index (χ1) is 20.3. The molecule has 8 rings (SSSR count). The number of nitro groups is 1. The van der Waals surface area contributed by atoms with Crippen molar-refractivity contribution in [3.8, 4) is 0 Å². The average molecular weight is 578 g/mol. The Bertz CT molecular complexity index is 1810. The topological polar surface area (TPSA) is 135 Å². The Kier molecular flexibility index (Phi) is 5.77. The number of nitro benzene ring substituents is 1. The van der Waals surface area contributed by atoms with E-state index >= 15 is 0 Å². The number of hydrogen-bond acceptors (Lipinski definition) is 7. The molecule has 206 valence electrons. The van der Waals surface area contributed by atoms with E-state index in [2.05, 4.69) is 15.5 Å². The molecule has 4 aliphatic rings. The van der Waals surface area contributed by atoms with Crippen LogP contribution in [0.2, 0.25) is 5.02 Å². The first kappa shape index (κ1) is 25.7. The highest BCUT2D eigenvalue weighted by molar-refractivity contribution is 6.31. The monoisotopic (exact) mass is 577 g/mol. The zero-order valence-electron chi connectivity index (χ0n) is 21.7. The number of hydrogen-bond donors (Lipinski definition) is 1. The highest BCUT2D eigenvalue weighted by Gasteiger charge is 2.68. The van der Waals surface area contributed by atoms with E-state index in [1.807, 2.05) is 48.5 Å². The van der Waals surface area contributed by atoms with Gasteiger partial charge in [0.1, 0.15) is 5.69 Å². The number of anilines is 1. The third kappa shape index (κ3) is 3.48. The molecule has 2 bridgehead atoms. The number of nitrogens with zero attached hydrogens (tertiary/aromatic N) is 4. The second-order valence-electron chi connectivity index (χ2n) is 10.4. The Labute approximate surface area is 243 Å². The van der Waals surface area contributed by atoms with Crippen LogP contribution in [0.3, 0.4) is 0 Å². The summed E-state index contributed by atoms with van der Waals surface area (Å²) in [5.41, 5.74) is 4.35. The maximum absolute atomic E-state index is 14.4. The zero-order chi connectivity index (χ0) is 29.2. The van der Waals surface area contributed by atoms with Gasteiger partial charge in [-0.15, -0.1) is 0 Å². The van der Waals surface area contributed by atoms with Gasteiger partial charge < -0.3 is 0 Å². The third-order valence-corrected chi connectivity index (χ3v) is 8.67. The summed E-state index contributed by atoms with van der Waals surface area (Å²) in [5.74, 6) is -3.90. The SMILES string of the molecule is O=C(N/N=C\C12c3ccccc3C(c3ccccc31)[C@@H]1C(=O)N(c3ccc(Cl)cc3[N+](=O)[O-])C(=O)[C@H]12)c1ccncc1. The number of benzene rings is 3. The standard InChI is InChI=1S/C31H20ClN5O5/c32-18-9-10-23(24(15-18)37(41)42)36-29(39)26-25-19-5-1-3-7-21(19)31(27(26)30(36)40,22-8-4-2-6-20(22)25)16-34-35-28(38)17-11-13-33-14-12-17/h1-16,25-27H,(H,35,38)/b34-16-/t25?,26-,27-,31?/m0/s1. The normalized spacial score (nSPS) is 23.5. The first-order valence-corrected chi connectivity index (χ1v) is 13.5. The van der Waals surface area contributed by atoms with Gasteiger partial charge >= 0.3 is 0 Å². The van der Waals surface area contributed by atoms with E-state index in [-0.39, 0.29) is 10.7 Å². The second kappa shape index (κ2) is 9.42. The summed E-state index contributed by atoms with van der Waals surface area (Å²) >= 11 is 6.04. The van der Waals surface area contributed by atoms with E-state index in [1.54, 1.807) is 12.1 Å². The summed E-state index contributed by atoms with van der Waals surface area (Å²) in [7, 11) is 0. The van der Waals surface area contributed by atoms with Crippen LogP contribution in [-0.4, -0.2) is 33.8 Å². The van der Waals surface area contributed by atoms with E-state index in [4.69, 9.17) is 11.6 Å². The van der Waals surface area contributed by atoms with Gasteiger partial charge in [-0.2, -0.15) is 5.10 Å². The number of aromatic nitrogens is 1. The van der Waals surface area contributed by atoms with Crippen LogP contribution >= 0.6 is 11.6 Å². The Morgan fingerprint density at radius 2 is 1.62 bits per heavy atom. The van der Waals surface area contributed by atoms with Gasteiger partial charge in [0.05, 0.1) is 22.2 Å². The van der Waals surface area contributed by atoms with Crippen LogP contribution in [0.5, 0.6) is 0 Å². The van der Waals surface area contributed by atoms with Crippen molar-refractivity contribution in [2.24, 2.45) is 16.9 Å². The smallest absolute Gasteiger partial charge is 0.274 e. The molecule has 3 amide bonds. The molecular weight excluding hydrogens is 558 g/mol. The molecule has 2 heterocycles. The lowest BCUT2D eigenvalue weighted by atomic mass is 9.47. The van der Waals surface area contributed by atoms with Crippen molar-refractivity contribution in [1.82, 2.24) is 10.4 Å². The number of carbonyl (C=O) groups is 3. The number of halogens is 1. The first-order valence-electron chi connectivity index (χ1n) is 13.1. The Hall–Kier alpha value is -5.22. The molecule has 1 aromatic heterocycles. The summed E-state index contributed by atoms with van der Waals surface area (Å²) in [6, 6.07) is 22.1. The summed E-state index contributed by atoms with van der Waals surface area (Å²) in [5, 5.41) is 16.4. The van der Waals surface area contributed by atoms with E-state index in [9.17, 15) is 24.5 Å². The lowest BCUT2D eigenvalue weighted by molar-refractivity contribution is -0.384. The second-order valence-corrected chi connectivity index (χ2v) is 10.8. The van der Waals surface area contributed by atoms with Gasteiger partial charge in [-0.25, -0.2) is 10.3 Å². The van der Waals surface area contributed by atoms with Crippen molar-refractivity contribution in [3.05, 3.63) is 134 Å². The number of imide groups is 1. The Balaban J connectivity index is 1.42. The molecule has 0 saturated carbocycles. The fourth-order valence-corrected chi connectivity index (χ4v) is 7.05. The molecule has 0 radical (unpaired) electrons. The summed E-state index contributed by atoms with van der Waals surface area (Å²) in [4.78, 5) is 57.7. The predicted octanol–water partition coefficient (Wildman–Crippen LogP) is 4.61. The lowest BCUT2D eigenvalue weighted by Gasteiger charge is -2.52. The highest BCUT2D eigenvalue weighted by atomic mass is 35.5. The van der Waals surface area contributed by atoms with Crippen molar-refractivity contribution >= 4 is 46.9 Å². The van der Waals surface area contributed by atoms with Crippen LogP contribution in [0.25, 0.3) is 0 Å². The molecule has 2 atom stereocenters. The van der Waals surface area contributed by atoms with Gasteiger partial charge in [0.25, 0.3) is 11.6 Å². The minimum Gasteiger partial charge on any atom is -0.274 e. The highest BCUT2D eigenvalue weighted by Crippen LogP contribution is 2.64. The van der Waals surface area contributed by atoms with Crippen molar-refractivity contribution in [2.45, 2.75) is 11.3 Å². The molecule has 0 spiro atoms. The predicted molar refractivity (Wildman–Crippen MR) is 153 cm³/mol. The molecule has 4 aromatic rings. The fraction of sp³-hybridized carbons (Fsp3) is 0.129. The summed E-state index contributed by atoms with van der Waals surface area (Å²) in [6.07, 6.45) is 4.51. The minimum absolute atomic E-state index is 0.107. The molecule has 11 heteroatoms. The Morgan fingerprint density at radius 3 is 2.26 bits per heavy atom. The van der Waals surface area contributed by atoms with Gasteiger partial charge in [0.2, 0.25) is 11.8 Å². The van der Waals surface area contributed by atoms with Gasteiger partial charge in [-0.3, -0.25) is 29.5 Å². The third-order valence-electron chi connectivity index (χ3n) is 8.44. The molecule has 3 aliphatic carbocycles. The fourth-order valence-electron chi connectivity index (χ4n) is 6.88. The van der Waals surface area contributed by atoms with Gasteiger partial charge in [0.15, 0.2) is 0 Å². The van der Waals surface area contributed by atoms with Crippen LogP contribution < -0.4 is 10.3 Å². The van der Waals surface area contributed by atoms with Crippen molar-refractivity contribution < 1.29 is 19.3 Å². The van der Waals surface area contributed by atoms with Crippen LogP contribution in [0.1, 0.15) is 38.5 Å². The Morgan fingerprint density at radius 1 is 0.976 bits per heavy atom. The largest absolute Gasteiger partial charge is 0.294 e. The van der Waals surface area contributed by atoms with Crippen molar-refractivity contribution in [2.75, 3.05) is 4.90 Å². The van der Waals surface area contributed by atoms with Gasteiger partial charge in [-0.05, 0) is 46.5 Å². The quantitative estimate of drug-likeness (QED) is 0.159. The average Bonchev–Trinajstić information content (AvgIpc) is 3.28. The number of amides is 3. The van der Waals surface area contributed by atoms with E-state index in [1.165, 1.54) is 30.7 Å². The molecule has 1 N–H and O–H groups in total. The molecule has 1 saturated heterocycles. The van der Waals surface area contributed by atoms with E-state index in [0.29, 0.717) is 5.56 Å². The van der Waals surface area contributed by atoms with Gasteiger partial charge in [0, 0.05) is 41.2 Å². The molecule has 3 aromatic carbocycles. The van der Waals surface area contributed by atoms with Crippen LogP contribution in [0, 0.1) is 22.0 Å². The summed E-state index contributed by atoms with van der Waals surface area (Å²) in [6.45, 7) is 0. The van der Waals surface area contributed by atoms with Crippen molar-refractivity contribution in [3.63, 3.8) is 0 Å². The molecule has 10 nitrogen and oxygen atoms in total. The van der Waals surface area contributed by atoms with Gasteiger partial charge in [-0.1, -0.05) is 60.1 Å². The van der Waals surface area contributed by atoms with Crippen molar-refractivity contribution in [1.29, 1.82) is 0 Å². The maximum atomic E-state index is 14.4. The molecule has 1 fully saturated rings. The molecular formula is C31H20ClN5O5. The number of pyridine rings is 1. The van der Waals surface area contributed by atoms with E-state index < -0.39 is 51.5 Å². The minimum atomic E-state index is -1.25. The number of rotatable bonds is 5. The molecule has 0 unspecified atom stereocenters. The number of carbonyl (C=O) groups excluding carboxylic acids is 3. The summed E-state index contributed by atoms with van der Waals surface area (Å²) < 4.78 is 0.